The van der Waals surface area contributed by atoms with E-state index in [2.05, 4.69) is 24.1 Å². The quantitative estimate of drug-likeness (QED) is 0.743. The summed E-state index contributed by atoms with van der Waals surface area (Å²) in [4.78, 5) is 14.3. The SMILES string of the molecule is C/C=C(\CN1CC2(COC2)C1)C(=O)NCC(C)C. The molecule has 0 aromatic rings. The minimum Gasteiger partial charge on any atom is -0.380 e. The lowest BCUT2D eigenvalue weighted by atomic mass is 9.78. The van der Waals surface area contributed by atoms with Gasteiger partial charge in [-0.25, -0.2) is 0 Å². The van der Waals surface area contributed by atoms with Crippen LogP contribution in [0, 0.1) is 11.3 Å². The maximum Gasteiger partial charge on any atom is 0.248 e. The Bertz CT molecular complexity index is 338. The van der Waals surface area contributed by atoms with Crippen molar-refractivity contribution in [2.24, 2.45) is 11.3 Å². The van der Waals surface area contributed by atoms with Gasteiger partial charge in [0.1, 0.15) is 0 Å². The Morgan fingerprint density at radius 2 is 2.11 bits per heavy atom. The summed E-state index contributed by atoms with van der Waals surface area (Å²) in [6.07, 6.45) is 1.93. The Morgan fingerprint density at radius 1 is 1.44 bits per heavy atom. The molecule has 0 aromatic carbocycles. The lowest BCUT2D eigenvalue weighted by Crippen LogP contribution is -2.66. The number of likely N-dealkylation sites (tertiary alicyclic amines) is 1. The van der Waals surface area contributed by atoms with E-state index in [1.54, 1.807) is 0 Å². The van der Waals surface area contributed by atoms with E-state index in [1.807, 2.05) is 13.0 Å². The van der Waals surface area contributed by atoms with Gasteiger partial charge in [-0.05, 0) is 12.8 Å². The van der Waals surface area contributed by atoms with Gasteiger partial charge in [0.2, 0.25) is 5.91 Å². The summed E-state index contributed by atoms with van der Waals surface area (Å²) < 4.78 is 5.25. The van der Waals surface area contributed by atoms with Crippen molar-refractivity contribution < 1.29 is 9.53 Å². The first-order valence-corrected chi connectivity index (χ1v) is 6.78. The van der Waals surface area contributed by atoms with Crippen LogP contribution in [0.3, 0.4) is 0 Å². The van der Waals surface area contributed by atoms with E-state index in [0.29, 0.717) is 11.3 Å². The van der Waals surface area contributed by atoms with Gasteiger partial charge in [0.05, 0.1) is 13.2 Å². The number of hydrogen-bond acceptors (Lipinski definition) is 3. The zero-order valence-corrected chi connectivity index (χ0v) is 11.7. The molecular weight excluding hydrogens is 228 g/mol. The molecule has 2 aliphatic rings. The smallest absolute Gasteiger partial charge is 0.248 e. The number of amides is 1. The van der Waals surface area contributed by atoms with Gasteiger partial charge in [-0.2, -0.15) is 0 Å². The van der Waals surface area contributed by atoms with Crippen LogP contribution in [0.1, 0.15) is 20.8 Å². The Balaban J connectivity index is 1.74. The molecule has 2 fully saturated rings. The van der Waals surface area contributed by atoms with Gasteiger partial charge < -0.3 is 10.1 Å². The molecule has 102 valence electrons. The maximum absolute atomic E-state index is 12.0. The second kappa shape index (κ2) is 5.41. The van der Waals surface area contributed by atoms with Crippen LogP contribution in [0.5, 0.6) is 0 Å². The van der Waals surface area contributed by atoms with E-state index in [1.165, 1.54) is 0 Å². The summed E-state index contributed by atoms with van der Waals surface area (Å²) in [5, 5.41) is 2.98. The molecule has 1 N–H and O–H groups in total. The summed E-state index contributed by atoms with van der Waals surface area (Å²) in [6.45, 7) is 11.6. The second-order valence-electron chi connectivity index (χ2n) is 6.06. The Hall–Kier alpha value is -0.870. The Labute approximate surface area is 109 Å². The van der Waals surface area contributed by atoms with Crippen molar-refractivity contribution in [1.29, 1.82) is 0 Å². The molecule has 2 heterocycles. The fourth-order valence-electron chi connectivity index (χ4n) is 2.53. The van der Waals surface area contributed by atoms with Crippen molar-refractivity contribution in [2.75, 3.05) is 39.4 Å². The molecule has 4 heteroatoms. The van der Waals surface area contributed by atoms with Gasteiger partial charge in [0, 0.05) is 37.2 Å². The van der Waals surface area contributed by atoms with Crippen LogP contribution in [-0.2, 0) is 9.53 Å². The highest BCUT2D eigenvalue weighted by Gasteiger charge is 2.48. The molecule has 0 radical (unpaired) electrons. The van der Waals surface area contributed by atoms with E-state index >= 15 is 0 Å². The van der Waals surface area contributed by atoms with Crippen LogP contribution in [0.4, 0.5) is 0 Å². The number of nitrogens with zero attached hydrogens (tertiary/aromatic N) is 1. The zero-order chi connectivity index (χ0) is 13.2. The second-order valence-corrected chi connectivity index (χ2v) is 6.06. The van der Waals surface area contributed by atoms with E-state index in [9.17, 15) is 4.79 Å². The van der Waals surface area contributed by atoms with Gasteiger partial charge in [0.25, 0.3) is 0 Å². The molecule has 0 bridgehead atoms. The van der Waals surface area contributed by atoms with Crippen LogP contribution in [0.15, 0.2) is 11.6 Å². The molecule has 18 heavy (non-hydrogen) atoms. The third-order valence-corrected chi connectivity index (χ3v) is 3.64. The molecule has 1 spiro atoms. The van der Waals surface area contributed by atoms with E-state index < -0.39 is 0 Å². The number of carbonyl (C=O) groups is 1. The molecular formula is C14H24N2O2. The Kier molecular flexibility index (Phi) is 4.07. The number of allylic oxidation sites excluding steroid dienone is 1. The molecule has 0 saturated carbocycles. The summed E-state index contributed by atoms with van der Waals surface area (Å²) in [5.74, 6) is 0.573. The van der Waals surface area contributed by atoms with Crippen LogP contribution in [0.25, 0.3) is 0 Å². The van der Waals surface area contributed by atoms with Gasteiger partial charge in [-0.3, -0.25) is 9.69 Å². The maximum atomic E-state index is 12.0. The van der Waals surface area contributed by atoms with Gasteiger partial charge >= 0.3 is 0 Å². The first-order valence-electron chi connectivity index (χ1n) is 6.78. The van der Waals surface area contributed by atoms with Crippen molar-refractivity contribution in [1.82, 2.24) is 10.2 Å². The summed E-state index contributed by atoms with van der Waals surface area (Å²) in [7, 11) is 0. The first kappa shape index (κ1) is 13.6. The van der Waals surface area contributed by atoms with Crippen molar-refractivity contribution in [3.05, 3.63) is 11.6 Å². The number of ether oxygens (including phenoxy) is 1. The minimum atomic E-state index is 0.0806. The predicted octanol–water partition coefficient (Wildman–Crippen LogP) is 1.04. The monoisotopic (exact) mass is 252 g/mol. The predicted molar refractivity (Wildman–Crippen MR) is 71.3 cm³/mol. The summed E-state index contributed by atoms with van der Waals surface area (Å²) in [5.41, 5.74) is 1.30. The molecule has 0 atom stereocenters. The van der Waals surface area contributed by atoms with Crippen LogP contribution >= 0.6 is 0 Å². The topological polar surface area (TPSA) is 41.6 Å². The summed E-state index contributed by atoms with van der Waals surface area (Å²) in [6, 6.07) is 0. The number of carbonyl (C=O) groups excluding carboxylic acids is 1. The van der Waals surface area contributed by atoms with E-state index in [-0.39, 0.29) is 5.91 Å². The molecule has 0 aromatic heterocycles. The molecule has 2 saturated heterocycles. The summed E-state index contributed by atoms with van der Waals surface area (Å²) >= 11 is 0. The average molecular weight is 252 g/mol. The molecule has 0 unspecified atom stereocenters. The van der Waals surface area contributed by atoms with Crippen molar-refractivity contribution in [2.45, 2.75) is 20.8 Å². The van der Waals surface area contributed by atoms with Gasteiger partial charge in [-0.15, -0.1) is 0 Å². The molecule has 2 rings (SSSR count). The fourth-order valence-corrected chi connectivity index (χ4v) is 2.53. The molecule has 0 aliphatic carbocycles. The molecule has 1 amide bonds. The van der Waals surface area contributed by atoms with Crippen LogP contribution in [0.2, 0.25) is 0 Å². The molecule has 2 aliphatic heterocycles. The first-order chi connectivity index (χ1) is 8.54. The van der Waals surface area contributed by atoms with Crippen LogP contribution < -0.4 is 5.32 Å². The standard InChI is InChI=1S/C14H24N2O2/c1-4-12(13(17)15-5-11(2)3)6-16-7-14(8-16)9-18-10-14/h4,11H,5-10H2,1-3H3,(H,15,17)/b12-4+. The van der Waals surface area contributed by atoms with E-state index in [4.69, 9.17) is 4.74 Å². The minimum absolute atomic E-state index is 0.0806. The molecule has 4 nitrogen and oxygen atoms in total. The van der Waals surface area contributed by atoms with Crippen molar-refractivity contribution in [3.8, 4) is 0 Å². The lowest BCUT2D eigenvalue weighted by molar-refractivity contribution is -0.186. The van der Waals surface area contributed by atoms with Gasteiger partial charge in [0.15, 0.2) is 0 Å². The lowest BCUT2D eigenvalue weighted by Gasteiger charge is -2.55. The average Bonchev–Trinajstić information content (AvgIpc) is 2.22. The highest BCUT2D eigenvalue weighted by Crippen LogP contribution is 2.37. The third kappa shape index (κ3) is 2.93. The zero-order valence-electron chi connectivity index (χ0n) is 11.7. The normalized spacial score (nSPS) is 22.8. The fraction of sp³-hybridized carbons (Fsp3) is 0.786. The van der Waals surface area contributed by atoms with Crippen molar-refractivity contribution in [3.63, 3.8) is 0 Å². The van der Waals surface area contributed by atoms with Gasteiger partial charge in [-0.1, -0.05) is 19.9 Å². The number of rotatable bonds is 5. The number of nitrogens with one attached hydrogen (secondary N) is 1. The third-order valence-electron chi connectivity index (χ3n) is 3.64. The highest BCUT2D eigenvalue weighted by atomic mass is 16.5. The Morgan fingerprint density at radius 3 is 2.56 bits per heavy atom. The highest BCUT2D eigenvalue weighted by molar-refractivity contribution is 5.93. The largest absolute Gasteiger partial charge is 0.380 e. The number of hydrogen-bond donors (Lipinski definition) is 1. The van der Waals surface area contributed by atoms with E-state index in [0.717, 1.165) is 45.0 Å². The van der Waals surface area contributed by atoms with Crippen LogP contribution in [-0.4, -0.2) is 50.2 Å². The van der Waals surface area contributed by atoms with Crippen molar-refractivity contribution >= 4 is 5.91 Å².